The third kappa shape index (κ3) is 5.12. The van der Waals surface area contributed by atoms with Crippen LogP contribution in [0.1, 0.15) is 50.7 Å². The molecule has 156 valence electrons. The van der Waals surface area contributed by atoms with Crippen LogP contribution in [0.2, 0.25) is 0 Å². The first kappa shape index (κ1) is 20.2. The molecule has 2 aromatic rings. The maximum Gasteiger partial charge on any atom is 0.119 e. The molecular weight excluding hydrogens is 364 g/mol. The molecule has 0 radical (unpaired) electrons. The molecule has 29 heavy (non-hydrogen) atoms. The highest BCUT2D eigenvalue weighted by molar-refractivity contribution is 5.43. The van der Waals surface area contributed by atoms with Crippen molar-refractivity contribution in [3.05, 3.63) is 59.7 Å². The summed E-state index contributed by atoms with van der Waals surface area (Å²) in [6.45, 7) is 7.47. The van der Waals surface area contributed by atoms with Gasteiger partial charge < -0.3 is 18.9 Å². The number of rotatable bonds is 12. The molecule has 2 fully saturated rings. The number of benzene rings is 2. The number of hydrogen-bond donors (Lipinski definition) is 0. The van der Waals surface area contributed by atoms with Crippen LogP contribution >= 0.6 is 0 Å². The fourth-order valence-corrected chi connectivity index (χ4v) is 3.97. The van der Waals surface area contributed by atoms with E-state index in [1.165, 1.54) is 24.0 Å². The average molecular weight is 397 g/mol. The highest BCUT2D eigenvalue weighted by Crippen LogP contribution is 2.41. The molecule has 4 rings (SSSR count). The number of unbranched alkanes of at least 4 members (excludes halogenated alkanes) is 1. The van der Waals surface area contributed by atoms with E-state index in [4.69, 9.17) is 18.9 Å². The fraction of sp³-hybridized carbons (Fsp3) is 0.520. The van der Waals surface area contributed by atoms with Crippen molar-refractivity contribution in [2.45, 2.75) is 57.2 Å². The molecule has 4 nitrogen and oxygen atoms in total. The summed E-state index contributed by atoms with van der Waals surface area (Å²) in [5.41, 5.74) is 2.71. The Bertz CT molecular complexity index is 701. The summed E-state index contributed by atoms with van der Waals surface area (Å²) in [6, 6.07) is 17.3. The van der Waals surface area contributed by atoms with Crippen LogP contribution in [0.3, 0.4) is 0 Å². The van der Waals surface area contributed by atoms with Crippen molar-refractivity contribution in [1.29, 1.82) is 0 Å². The van der Waals surface area contributed by atoms with Crippen LogP contribution in [0.4, 0.5) is 0 Å². The van der Waals surface area contributed by atoms with Crippen LogP contribution in [0.15, 0.2) is 48.5 Å². The van der Waals surface area contributed by atoms with E-state index in [0.29, 0.717) is 13.2 Å². The van der Waals surface area contributed by atoms with Gasteiger partial charge in [0.1, 0.15) is 36.9 Å². The highest BCUT2D eigenvalue weighted by atomic mass is 16.6. The average Bonchev–Trinajstić information content (AvgIpc) is 3.68. The summed E-state index contributed by atoms with van der Waals surface area (Å²) in [5, 5.41) is 0. The topological polar surface area (TPSA) is 43.5 Å². The van der Waals surface area contributed by atoms with E-state index in [9.17, 15) is 0 Å². The predicted molar refractivity (Wildman–Crippen MR) is 114 cm³/mol. The fourth-order valence-electron chi connectivity index (χ4n) is 3.97. The van der Waals surface area contributed by atoms with Crippen LogP contribution in [0.5, 0.6) is 11.5 Å². The summed E-state index contributed by atoms with van der Waals surface area (Å²) in [4.78, 5) is 0. The molecule has 2 aromatic carbocycles. The summed E-state index contributed by atoms with van der Waals surface area (Å²) < 4.78 is 22.1. The second-order valence-electron chi connectivity index (χ2n) is 8.12. The van der Waals surface area contributed by atoms with E-state index in [0.717, 1.165) is 37.6 Å². The molecule has 0 saturated carbocycles. The molecule has 2 saturated heterocycles. The van der Waals surface area contributed by atoms with E-state index in [2.05, 4.69) is 62.4 Å². The minimum Gasteiger partial charge on any atom is -0.491 e. The smallest absolute Gasteiger partial charge is 0.119 e. The zero-order chi connectivity index (χ0) is 20.1. The quantitative estimate of drug-likeness (QED) is 0.467. The first-order chi connectivity index (χ1) is 14.2. The van der Waals surface area contributed by atoms with E-state index in [1.807, 2.05) is 0 Å². The van der Waals surface area contributed by atoms with Gasteiger partial charge in [0.15, 0.2) is 0 Å². The molecule has 0 N–H and O–H groups in total. The lowest BCUT2D eigenvalue weighted by Gasteiger charge is -2.35. The molecule has 2 aliphatic heterocycles. The van der Waals surface area contributed by atoms with Crippen molar-refractivity contribution >= 4 is 0 Å². The van der Waals surface area contributed by atoms with Gasteiger partial charge in [-0.05, 0) is 48.2 Å². The van der Waals surface area contributed by atoms with E-state index in [-0.39, 0.29) is 17.6 Å². The zero-order valence-corrected chi connectivity index (χ0v) is 17.6. The van der Waals surface area contributed by atoms with Gasteiger partial charge in [0.05, 0.1) is 13.2 Å². The van der Waals surface area contributed by atoms with E-state index >= 15 is 0 Å². The molecule has 2 heterocycles. The maximum atomic E-state index is 5.83. The van der Waals surface area contributed by atoms with Gasteiger partial charge in [0.2, 0.25) is 0 Å². The normalized spacial score (nSPS) is 22.0. The van der Waals surface area contributed by atoms with Crippen molar-refractivity contribution in [3.8, 4) is 11.5 Å². The van der Waals surface area contributed by atoms with Crippen molar-refractivity contribution in [1.82, 2.24) is 0 Å². The standard InChI is InChI=1S/C25H32O4/c1-3-5-14-25(4-2,19-6-10-21(11-7-19)26-15-23-17-28-23)20-8-12-22(13-9-20)27-16-24-18-29-24/h6-13,23-24H,3-5,14-18H2,1-2H3. The first-order valence-corrected chi connectivity index (χ1v) is 10.9. The largest absolute Gasteiger partial charge is 0.491 e. The third-order valence-electron chi connectivity index (χ3n) is 6.05. The molecule has 0 aliphatic carbocycles. The summed E-state index contributed by atoms with van der Waals surface area (Å²) in [6.07, 6.45) is 5.13. The molecule has 0 amide bonds. The zero-order valence-electron chi connectivity index (χ0n) is 17.6. The minimum atomic E-state index is 0.00623. The Kier molecular flexibility index (Phi) is 6.41. The summed E-state index contributed by atoms with van der Waals surface area (Å²) >= 11 is 0. The second kappa shape index (κ2) is 9.19. The summed E-state index contributed by atoms with van der Waals surface area (Å²) in [7, 11) is 0. The Labute approximate surface area is 174 Å². The molecular formula is C25H32O4. The van der Waals surface area contributed by atoms with Gasteiger partial charge in [0, 0.05) is 5.41 Å². The molecule has 2 atom stereocenters. The Morgan fingerprint density at radius 3 is 1.59 bits per heavy atom. The van der Waals surface area contributed by atoms with Gasteiger partial charge in [-0.2, -0.15) is 0 Å². The van der Waals surface area contributed by atoms with Gasteiger partial charge >= 0.3 is 0 Å². The predicted octanol–water partition coefficient (Wildman–Crippen LogP) is 5.13. The summed E-state index contributed by atoms with van der Waals surface area (Å²) in [5.74, 6) is 1.83. The van der Waals surface area contributed by atoms with Crippen molar-refractivity contribution in [3.63, 3.8) is 0 Å². The van der Waals surface area contributed by atoms with Crippen LogP contribution in [-0.2, 0) is 14.9 Å². The van der Waals surface area contributed by atoms with Crippen LogP contribution in [0, 0.1) is 0 Å². The van der Waals surface area contributed by atoms with Gasteiger partial charge in [0.25, 0.3) is 0 Å². The molecule has 4 heteroatoms. The molecule has 0 spiro atoms. The Hall–Kier alpha value is -2.04. The maximum absolute atomic E-state index is 5.83. The number of ether oxygens (including phenoxy) is 4. The van der Waals surface area contributed by atoms with Crippen molar-refractivity contribution < 1.29 is 18.9 Å². The van der Waals surface area contributed by atoms with E-state index in [1.54, 1.807) is 0 Å². The Morgan fingerprint density at radius 1 is 0.793 bits per heavy atom. The van der Waals surface area contributed by atoms with Crippen LogP contribution in [0.25, 0.3) is 0 Å². The first-order valence-electron chi connectivity index (χ1n) is 10.9. The van der Waals surface area contributed by atoms with Gasteiger partial charge in [-0.15, -0.1) is 0 Å². The van der Waals surface area contributed by atoms with Crippen molar-refractivity contribution in [2.75, 3.05) is 26.4 Å². The highest BCUT2D eigenvalue weighted by Gasteiger charge is 2.32. The minimum absolute atomic E-state index is 0.00623. The van der Waals surface area contributed by atoms with E-state index < -0.39 is 0 Å². The lowest BCUT2D eigenvalue weighted by Crippen LogP contribution is -2.27. The van der Waals surface area contributed by atoms with Gasteiger partial charge in [-0.25, -0.2) is 0 Å². The molecule has 0 bridgehead atoms. The SMILES string of the molecule is CCCCC(CC)(c1ccc(OCC2CO2)cc1)c1ccc(OCC2CO2)cc1. The van der Waals surface area contributed by atoms with Crippen molar-refractivity contribution in [2.24, 2.45) is 0 Å². The monoisotopic (exact) mass is 396 g/mol. The Balaban J connectivity index is 1.53. The number of epoxide rings is 2. The lowest BCUT2D eigenvalue weighted by molar-refractivity contribution is 0.262. The second-order valence-corrected chi connectivity index (χ2v) is 8.12. The van der Waals surface area contributed by atoms with Crippen LogP contribution < -0.4 is 9.47 Å². The molecule has 0 aromatic heterocycles. The lowest BCUT2D eigenvalue weighted by atomic mass is 9.69. The van der Waals surface area contributed by atoms with Gasteiger partial charge in [-0.3, -0.25) is 0 Å². The van der Waals surface area contributed by atoms with Gasteiger partial charge in [-0.1, -0.05) is 51.0 Å². The molecule has 2 aliphatic rings. The van der Waals surface area contributed by atoms with Crippen LogP contribution in [-0.4, -0.2) is 38.6 Å². The Morgan fingerprint density at radius 2 is 1.24 bits per heavy atom. The third-order valence-corrected chi connectivity index (χ3v) is 6.05. The molecule has 2 unspecified atom stereocenters. The number of hydrogen-bond acceptors (Lipinski definition) is 4.